The first kappa shape index (κ1) is 5.68. The molecule has 0 aliphatic carbocycles. The second-order valence-electron chi connectivity index (χ2n) is 0.537. The van der Waals surface area contributed by atoms with E-state index >= 15 is 0 Å². The summed E-state index contributed by atoms with van der Waals surface area (Å²) < 4.78 is 41.1. The summed E-state index contributed by atoms with van der Waals surface area (Å²) in [6.07, 6.45) is 0. The normalized spacial score (nSPS) is 11.0. The molecule has 0 aromatic heterocycles. The molecule has 0 saturated carbocycles. The maximum atomic E-state index is 10.3. The predicted molar refractivity (Wildman–Crippen MR) is 10.1 cm³/mol. The summed E-state index contributed by atoms with van der Waals surface area (Å²) in [5.41, 5.74) is 0. The van der Waals surface area contributed by atoms with Crippen LogP contribution in [0.3, 0.4) is 0 Å². The molecule has 1 nitrogen and oxygen atoms in total. The Bertz CT molecular complexity index is 28.5. The highest BCUT2D eigenvalue weighted by molar-refractivity contribution is 4.06. The average Bonchev–Trinajstić information content (AvgIpc) is 1.36. The van der Waals surface area contributed by atoms with Gasteiger partial charge in [0.2, 0.25) is 0 Å². The molecule has 0 fully saturated rings. The highest BCUT2D eigenvalue weighted by atomic mass is 19.4. The van der Waals surface area contributed by atoms with Crippen LogP contribution in [-0.4, -0.2) is 11.9 Å². The summed E-state index contributed by atoms with van der Waals surface area (Å²) in [7, 11) is 0. The van der Waals surface area contributed by atoms with Gasteiger partial charge in [-0.3, -0.25) is 0 Å². The quantitative estimate of drug-likeness (QED) is 0.274. The molecule has 0 radical (unpaired) electrons. The molecule has 0 spiro atoms. The van der Waals surface area contributed by atoms with Gasteiger partial charge in [0, 0.05) is 0 Å². The largest absolute Gasteiger partial charge is 0.348 e. The highest BCUT2D eigenvalue weighted by Gasteiger charge is 2.11. The Morgan fingerprint density at radius 3 is 1.33 bits per heavy atom. The Morgan fingerprint density at radius 1 is 1.17 bits per heavy atom. The minimum atomic E-state index is -3.65. The van der Waals surface area contributed by atoms with E-state index in [9.17, 15) is 17.7 Å². The van der Waals surface area contributed by atoms with Crippen molar-refractivity contribution < 1.29 is 17.7 Å². The van der Waals surface area contributed by atoms with Gasteiger partial charge in [-0.05, 0) is 0 Å². The van der Waals surface area contributed by atoms with Crippen molar-refractivity contribution in [3.8, 4) is 0 Å². The molecule has 0 bridgehead atoms. The first-order chi connectivity index (χ1) is 2.64. The zero-order chi connectivity index (χ0) is 5.15. The number of halogens is 4. The van der Waals surface area contributed by atoms with Gasteiger partial charge in [0.05, 0.1) is 5.34 Å². The molecule has 0 unspecified atom stereocenters. The van der Waals surface area contributed by atoms with Crippen LogP contribution >= 0.6 is 0 Å². The van der Waals surface area contributed by atoms with Crippen molar-refractivity contribution >= 4 is 0 Å². The van der Waals surface area contributed by atoms with Gasteiger partial charge in [-0.15, -0.1) is 0 Å². The zero-order valence-corrected chi connectivity index (χ0v) is 2.54. The smallest absolute Gasteiger partial charge is 0.186 e. The number of hydrogen-bond donors (Lipinski definition) is 0. The summed E-state index contributed by atoms with van der Waals surface area (Å²) in [5.74, 6) is 0. The van der Waals surface area contributed by atoms with Crippen LogP contribution in [0.15, 0.2) is 0 Å². The summed E-state index contributed by atoms with van der Waals surface area (Å²) in [6.45, 7) is -3.65. The van der Waals surface area contributed by atoms with Crippen molar-refractivity contribution in [3.05, 3.63) is 0 Å². The molecule has 0 aliphatic heterocycles. The highest BCUT2D eigenvalue weighted by Crippen LogP contribution is 2.01. The molecule has 0 aliphatic rings. The Hall–Kier alpha value is -0.320. The Balaban J connectivity index is 2.99. The van der Waals surface area contributed by atoms with Crippen LogP contribution in [0, 0.1) is 0 Å². The van der Waals surface area contributed by atoms with Crippen LogP contribution in [0.4, 0.5) is 17.7 Å². The fraction of sp³-hybridized carbons (Fsp3) is 1.00. The van der Waals surface area contributed by atoms with Crippen molar-refractivity contribution in [3.63, 3.8) is 0 Å². The van der Waals surface area contributed by atoms with E-state index in [0.29, 0.717) is 0 Å². The second-order valence-corrected chi connectivity index (χ2v) is 0.537. The zero-order valence-electron chi connectivity index (χ0n) is 2.54. The third-order valence-corrected chi connectivity index (χ3v) is 0.148. The predicted octanol–water partition coefficient (Wildman–Crippen LogP) is 1.28. The summed E-state index contributed by atoms with van der Waals surface area (Å²) in [5, 5.41) is -2.17. The third kappa shape index (κ3) is 1.95. The second kappa shape index (κ2) is 1.96. The summed E-state index contributed by atoms with van der Waals surface area (Å²) in [4.78, 5) is 0. The molecule has 5 heteroatoms. The van der Waals surface area contributed by atoms with E-state index in [1.54, 1.807) is 0 Å². The first-order valence-corrected chi connectivity index (χ1v) is 1.03. The van der Waals surface area contributed by atoms with Gasteiger partial charge in [0.1, 0.15) is 0 Å². The molecule has 6 heavy (non-hydrogen) atoms. The first-order valence-electron chi connectivity index (χ1n) is 1.03. The molecule has 0 rings (SSSR count). The summed E-state index contributed by atoms with van der Waals surface area (Å²) in [6, 6.07) is 0. The maximum absolute atomic E-state index is 10.3. The van der Waals surface area contributed by atoms with Gasteiger partial charge in [0.15, 0.2) is 0 Å². The molecule has 0 heterocycles. The standard InChI is InChI=1S/CHF4N/c2-1(3)6(4)5/h1H. The fourth-order valence-electron chi connectivity index (χ4n) is 0. The minimum absolute atomic E-state index is 2.17. The topological polar surface area (TPSA) is 3.24 Å². The van der Waals surface area contributed by atoms with Gasteiger partial charge in [-0.2, -0.15) is 8.78 Å². The molecule has 0 N–H and O–H groups in total. The molecule has 0 saturated heterocycles. The molecular weight excluding hydrogens is 102 g/mol. The van der Waals surface area contributed by atoms with Crippen molar-refractivity contribution in [1.29, 1.82) is 0 Å². The lowest BCUT2D eigenvalue weighted by Gasteiger charge is -1.91. The number of nitrogens with zero attached hydrogens (tertiary/aromatic N) is 1. The number of hydrogen-bond acceptors (Lipinski definition) is 1. The van der Waals surface area contributed by atoms with Crippen LogP contribution in [0.25, 0.3) is 0 Å². The van der Waals surface area contributed by atoms with Crippen molar-refractivity contribution in [2.75, 3.05) is 0 Å². The van der Waals surface area contributed by atoms with E-state index in [1.165, 1.54) is 0 Å². The van der Waals surface area contributed by atoms with Gasteiger partial charge >= 0.3 is 6.55 Å². The minimum Gasteiger partial charge on any atom is -0.186 e. The van der Waals surface area contributed by atoms with Crippen LogP contribution in [0.5, 0.6) is 0 Å². The van der Waals surface area contributed by atoms with Crippen LogP contribution in [0.1, 0.15) is 0 Å². The van der Waals surface area contributed by atoms with Crippen molar-refractivity contribution in [2.45, 2.75) is 6.55 Å². The molecule has 0 aromatic carbocycles. The van der Waals surface area contributed by atoms with E-state index < -0.39 is 11.9 Å². The van der Waals surface area contributed by atoms with E-state index in [-0.39, 0.29) is 0 Å². The lowest BCUT2D eigenvalue weighted by molar-refractivity contribution is -0.265. The molecular formula is CHF4N. The van der Waals surface area contributed by atoms with Crippen molar-refractivity contribution in [1.82, 2.24) is 5.34 Å². The molecule has 0 aromatic rings. The molecule has 38 valence electrons. The van der Waals surface area contributed by atoms with E-state index in [4.69, 9.17) is 0 Å². The van der Waals surface area contributed by atoms with E-state index in [2.05, 4.69) is 0 Å². The number of alkyl halides is 2. The van der Waals surface area contributed by atoms with E-state index in [0.717, 1.165) is 0 Å². The van der Waals surface area contributed by atoms with Crippen LogP contribution < -0.4 is 0 Å². The van der Waals surface area contributed by atoms with E-state index in [1.807, 2.05) is 0 Å². The lowest BCUT2D eigenvalue weighted by atomic mass is 11.3. The average molecular weight is 103 g/mol. The monoisotopic (exact) mass is 103 g/mol. The number of rotatable bonds is 1. The van der Waals surface area contributed by atoms with Crippen LogP contribution in [0.2, 0.25) is 0 Å². The molecule has 0 atom stereocenters. The van der Waals surface area contributed by atoms with Gasteiger partial charge < -0.3 is 0 Å². The Morgan fingerprint density at radius 2 is 1.33 bits per heavy atom. The fourth-order valence-corrected chi connectivity index (χ4v) is 0. The SMILES string of the molecule is FC(F)N(F)F. The van der Waals surface area contributed by atoms with Gasteiger partial charge in [-0.25, -0.2) is 0 Å². The lowest BCUT2D eigenvalue weighted by Crippen LogP contribution is -2.07. The summed E-state index contributed by atoms with van der Waals surface area (Å²) >= 11 is 0. The van der Waals surface area contributed by atoms with Gasteiger partial charge in [-0.1, -0.05) is 8.96 Å². The maximum Gasteiger partial charge on any atom is 0.348 e. The molecule has 0 amide bonds. The third-order valence-electron chi connectivity index (χ3n) is 0.148. The Labute approximate surface area is 31.0 Å². The van der Waals surface area contributed by atoms with Gasteiger partial charge in [0.25, 0.3) is 0 Å². The Kier molecular flexibility index (Phi) is 1.86. The van der Waals surface area contributed by atoms with Crippen molar-refractivity contribution in [2.24, 2.45) is 0 Å². The van der Waals surface area contributed by atoms with Crippen LogP contribution in [-0.2, 0) is 0 Å².